The molecule has 0 N–H and O–H groups in total. The molecule has 0 aliphatic heterocycles. The van der Waals surface area contributed by atoms with E-state index in [2.05, 4.69) is 27.7 Å². The average molecular weight is 285 g/mol. The number of halogens is 1. The van der Waals surface area contributed by atoms with Crippen LogP contribution in [0.2, 0.25) is 0 Å². The van der Waals surface area contributed by atoms with E-state index < -0.39 is 0 Å². The number of aromatic nitrogens is 1. The summed E-state index contributed by atoms with van der Waals surface area (Å²) >= 11 is 2.25. The van der Waals surface area contributed by atoms with Gasteiger partial charge in [0.1, 0.15) is 11.5 Å². The second kappa shape index (κ2) is 3.91. The molecule has 66 valence electrons. The summed E-state index contributed by atoms with van der Waals surface area (Å²) in [6.07, 6.45) is 0. The second-order valence-corrected chi connectivity index (χ2v) is 3.44. The van der Waals surface area contributed by atoms with Gasteiger partial charge in [-0.15, -0.1) is 0 Å². The molecule has 0 bridgehead atoms. The first kappa shape index (κ1) is 8.74. The van der Waals surface area contributed by atoms with Crippen LogP contribution in [-0.4, -0.2) is 5.16 Å². The van der Waals surface area contributed by atoms with Crippen LogP contribution in [0.25, 0.3) is 11.3 Å². The lowest BCUT2D eigenvalue weighted by Crippen LogP contribution is -1.73. The molecule has 0 fully saturated rings. The molecule has 0 radical (unpaired) electrons. The number of alkyl halides is 1. The average Bonchev–Trinajstić information content (AvgIpc) is 2.67. The molecule has 0 unspecified atom stereocenters. The summed E-state index contributed by atoms with van der Waals surface area (Å²) in [5.41, 5.74) is 2.01. The molecule has 0 spiro atoms. The maximum atomic E-state index is 5.11. The Hall–Kier alpha value is -0.840. The summed E-state index contributed by atoms with van der Waals surface area (Å²) in [5.74, 6) is 0.916. The van der Waals surface area contributed by atoms with E-state index in [1.165, 1.54) is 0 Å². The second-order valence-electron chi connectivity index (χ2n) is 2.68. The van der Waals surface area contributed by atoms with E-state index in [0.717, 1.165) is 21.4 Å². The maximum Gasteiger partial charge on any atom is 0.147 e. The highest BCUT2D eigenvalue weighted by molar-refractivity contribution is 14.1. The minimum absolute atomic E-state index is 0.859. The highest BCUT2D eigenvalue weighted by Crippen LogP contribution is 2.19. The van der Waals surface area contributed by atoms with Crippen LogP contribution in [0.4, 0.5) is 0 Å². The smallest absolute Gasteiger partial charge is 0.147 e. The van der Waals surface area contributed by atoms with Crippen LogP contribution in [0.3, 0.4) is 0 Å². The van der Waals surface area contributed by atoms with Gasteiger partial charge in [-0.05, 0) is 0 Å². The van der Waals surface area contributed by atoms with Crippen molar-refractivity contribution in [1.29, 1.82) is 0 Å². The SMILES string of the molecule is ICc1cc(-c2ccccc2)no1. The Balaban J connectivity index is 2.36. The lowest BCUT2D eigenvalue weighted by atomic mass is 10.1. The molecule has 0 aliphatic rings. The van der Waals surface area contributed by atoms with E-state index in [-0.39, 0.29) is 0 Å². The number of hydrogen-bond donors (Lipinski definition) is 0. The standard InChI is InChI=1S/C10H8INO/c11-7-9-6-10(12-13-9)8-4-2-1-3-5-8/h1-6H,7H2. The lowest BCUT2D eigenvalue weighted by molar-refractivity contribution is 0.399. The van der Waals surface area contributed by atoms with Crippen molar-refractivity contribution in [1.82, 2.24) is 5.16 Å². The highest BCUT2D eigenvalue weighted by atomic mass is 127. The molecule has 0 atom stereocenters. The van der Waals surface area contributed by atoms with Gasteiger partial charge in [-0.3, -0.25) is 0 Å². The third kappa shape index (κ3) is 1.91. The molecular weight excluding hydrogens is 277 g/mol. The van der Waals surface area contributed by atoms with Crippen LogP contribution >= 0.6 is 22.6 Å². The first-order chi connectivity index (χ1) is 6.40. The van der Waals surface area contributed by atoms with Crippen molar-refractivity contribution < 1.29 is 4.52 Å². The van der Waals surface area contributed by atoms with Gasteiger partial charge in [0.2, 0.25) is 0 Å². The third-order valence-electron chi connectivity index (χ3n) is 1.76. The van der Waals surface area contributed by atoms with Crippen molar-refractivity contribution in [2.75, 3.05) is 0 Å². The van der Waals surface area contributed by atoms with E-state index >= 15 is 0 Å². The number of rotatable bonds is 2. The fourth-order valence-corrected chi connectivity index (χ4v) is 1.48. The fourth-order valence-electron chi connectivity index (χ4n) is 1.12. The Kier molecular flexibility index (Phi) is 2.63. The topological polar surface area (TPSA) is 26.0 Å². The van der Waals surface area contributed by atoms with Gasteiger partial charge in [-0.2, -0.15) is 0 Å². The predicted octanol–water partition coefficient (Wildman–Crippen LogP) is 3.28. The van der Waals surface area contributed by atoms with Gasteiger partial charge in [0.25, 0.3) is 0 Å². The Morgan fingerprint density at radius 2 is 2.00 bits per heavy atom. The Morgan fingerprint density at radius 3 is 2.62 bits per heavy atom. The van der Waals surface area contributed by atoms with E-state index in [1.54, 1.807) is 0 Å². The third-order valence-corrected chi connectivity index (χ3v) is 2.51. The molecule has 13 heavy (non-hydrogen) atoms. The van der Waals surface area contributed by atoms with Crippen molar-refractivity contribution in [3.8, 4) is 11.3 Å². The Labute approximate surface area is 90.1 Å². The largest absolute Gasteiger partial charge is 0.360 e. The summed E-state index contributed by atoms with van der Waals surface area (Å²) in [6, 6.07) is 12.0. The van der Waals surface area contributed by atoms with Crippen LogP contribution in [-0.2, 0) is 4.43 Å². The molecule has 3 heteroatoms. The number of benzene rings is 1. The molecule has 2 aromatic rings. The zero-order valence-electron chi connectivity index (χ0n) is 6.90. The van der Waals surface area contributed by atoms with Crippen molar-refractivity contribution in [2.24, 2.45) is 0 Å². The van der Waals surface area contributed by atoms with Crippen LogP contribution in [0.5, 0.6) is 0 Å². The maximum absolute atomic E-state index is 5.11. The molecule has 0 amide bonds. The summed E-state index contributed by atoms with van der Waals surface area (Å²) in [5, 5.41) is 3.98. The van der Waals surface area contributed by atoms with Gasteiger partial charge in [0.05, 0.1) is 4.43 Å². The van der Waals surface area contributed by atoms with Gasteiger partial charge in [0.15, 0.2) is 0 Å². The molecule has 2 nitrogen and oxygen atoms in total. The van der Waals surface area contributed by atoms with Crippen molar-refractivity contribution in [3.05, 3.63) is 42.2 Å². The molecule has 0 saturated carbocycles. The van der Waals surface area contributed by atoms with Crippen LogP contribution in [0.15, 0.2) is 40.9 Å². The zero-order valence-corrected chi connectivity index (χ0v) is 9.06. The van der Waals surface area contributed by atoms with Crippen molar-refractivity contribution >= 4 is 22.6 Å². The van der Waals surface area contributed by atoms with E-state index in [1.807, 2.05) is 36.4 Å². The van der Waals surface area contributed by atoms with Gasteiger partial charge in [0, 0.05) is 11.6 Å². The summed E-state index contributed by atoms with van der Waals surface area (Å²) in [4.78, 5) is 0. The van der Waals surface area contributed by atoms with Gasteiger partial charge in [-0.25, -0.2) is 0 Å². The van der Waals surface area contributed by atoms with Crippen molar-refractivity contribution in [2.45, 2.75) is 4.43 Å². The van der Waals surface area contributed by atoms with Crippen LogP contribution in [0.1, 0.15) is 5.76 Å². The number of hydrogen-bond acceptors (Lipinski definition) is 2. The first-order valence-corrected chi connectivity index (χ1v) is 5.49. The summed E-state index contributed by atoms with van der Waals surface area (Å²) in [6.45, 7) is 0. The minimum Gasteiger partial charge on any atom is -0.360 e. The van der Waals surface area contributed by atoms with E-state index in [9.17, 15) is 0 Å². The van der Waals surface area contributed by atoms with Gasteiger partial charge >= 0.3 is 0 Å². The Morgan fingerprint density at radius 1 is 1.23 bits per heavy atom. The summed E-state index contributed by atoms with van der Waals surface area (Å²) in [7, 11) is 0. The molecule has 1 aromatic heterocycles. The Bertz CT molecular complexity index is 383. The summed E-state index contributed by atoms with van der Waals surface area (Å²) < 4.78 is 5.97. The lowest BCUT2D eigenvalue weighted by Gasteiger charge is -1.91. The normalized spacial score (nSPS) is 10.2. The monoisotopic (exact) mass is 285 g/mol. The first-order valence-electron chi connectivity index (χ1n) is 3.97. The van der Waals surface area contributed by atoms with Crippen LogP contribution < -0.4 is 0 Å². The quantitative estimate of drug-likeness (QED) is 0.625. The molecule has 1 aromatic carbocycles. The van der Waals surface area contributed by atoms with Crippen LogP contribution in [0, 0.1) is 0 Å². The van der Waals surface area contributed by atoms with Crippen molar-refractivity contribution in [3.63, 3.8) is 0 Å². The van der Waals surface area contributed by atoms with E-state index in [4.69, 9.17) is 4.52 Å². The van der Waals surface area contributed by atoms with E-state index in [0.29, 0.717) is 0 Å². The van der Waals surface area contributed by atoms with Gasteiger partial charge < -0.3 is 4.52 Å². The molecule has 2 rings (SSSR count). The zero-order chi connectivity index (χ0) is 9.10. The van der Waals surface area contributed by atoms with Gasteiger partial charge in [-0.1, -0.05) is 58.1 Å². The molecule has 0 aliphatic carbocycles. The predicted molar refractivity (Wildman–Crippen MR) is 59.7 cm³/mol. The minimum atomic E-state index is 0.859. The molecule has 1 heterocycles. The molecule has 0 saturated heterocycles. The fraction of sp³-hybridized carbons (Fsp3) is 0.100. The number of nitrogens with zero attached hydrogens (tertiary/aromatic N) is 1. The highest BCUT2D eigenvalue weighted by Gasteiger charge is 2.03. The molecular formula is C10H8INO.